The molecule has 1 fully saturated rings. The predicted molar refractivity (Wildman–Crippen MR) is 98.4 cm³/mol. The van der Waals surface area contributed by atoms with E-state index in [-0.39, 0.29) is 31.4 Å². The van der Waals surface area contributed by atoms with Crippen LogP contribution in [-0.4, -0.2) is 36.8 Å². The second-order valence-corrected chi connectivity index (χ2v) is 9.11. The molecule has 1 atom stereocenters. The summed E-state index contributed by atoms with van der Waals surface area (Å²) in [6, 6.07) is -0.330. The molecular formula is C15H16BF5N4O4S. The Kier molecular flexibility index (Phi) is 5.65. The number of nitrogens with one attached hydrogen (secondary N) is 2. The van der Waals surface area contributed by atoms with Crippen LogP contribution in [0.15, 0.2) is 34.4 Å². The van der Waals surface area contributed by atoms with E-state index >= 15 is 0 Å². The number of ether oxygens (including phenoxy) is 1. The Morgan fingerprint density at radius 1 is 1.27 bits per heavy atom. The number of benzene rings is 1. The van der Waals surface area contributed by atoms with Crippen LogP contribution in [0.5, 0.6) is 0 Å². The number of nitriles is 1. The van der Waals surface area contributed by atoms with E-state index in [0.717, 1.165) is 0 Å². The zero-order valence-corrected chi connectivity index (χ0v) is 16.2. The van der Waals surface area contributed by atoms with Gasteiger partial charge in [0.2, 0.25) is 0 Å². The first-order valence-corrected chi connectivity index (χ1v) is 10.4. The highest BCUT2D eigenvalue weighted by Crippen LogP contribution is 3.02. The minimum Gasteiger partial charge on any atom is -0.374 e. The van der Waals surface area contributed by atoms with Crippen molar-refractivity contribution in [3.8, 4) is 5.97 Å². The van der Waals surface area contributed by atoms with E-state index in [1.807, 2.05) is 5.97 Å². The van der Waals surface area contributed by atoms with Crippen molar-refractivity contribution in [2.24, 2.45) is 5.29 Å². The molecule has 1 aliphatic heterocycles. The van der Waals surface area contributed by atoms with Crippen molar-refractivity contribution < 1.29 is 33.8 Å². The standard InChI is InChI=1S/C15H16BF5N4O4S/c1-2-29-15(7-16(8-15)9-22)12(14(27)24-25-28)23-13(26)10-3-5-11(6-4-10)30(17,18,19,20)21/h3-6,12H,2,7-8H2,1H3,(H,23,26)(H,24,27,28). The Balaban J connectivity index is 2.30. The summed E-state index contributed by atoms with van der Waals surface area (Å²) in [5.41, 5.74) is -0.172. The van der Waals surface area contributed by atoms with E-state index in [1.54, 1.807) is 12.3 Å². The van der Waals surface area contributed by atoms with Crippen LogP contribution in [0.25, 0.3) is 0 Å². The maximum absolute atomic E-state index is 12.8. The van der Waals surface area contributed by atoms with E-state index in [4.69, 9.17) is 10.00 Å². The van der Waals surface area contributed by atoms with Gasteiger partial charge in [-0.25, -0.2) is 10.7 Å². The number of hydrogen-bond donors (Lipinski definition) is 2. The van der Waals surface area contributed by atoms with Gasteiger partial charge < -0.3 is 10.1 Å². The number of amides is 2. The van der Waals surface area contributed by atoms with Gasteiger partial charge in [-0.2, -0.15) is 0 Å². The van der Waals surface area contributed by atoms with Crippen LogP contribution in [0, 0.1) is 16.1 Å². The topological polar surface area (TPSA) is 121 Å². The summed E-state index contributed by atoms with van der Waals surface area (Å²) >= 11 is 0. The maximum Gasteiger partial charge on any atom is 0.310 e. The summed E-state index contributed by atoms with van der Waals surface area (Å²) in [6.45, 7) is 1.20. The quantitative estimate of drug-likeness (QED) is 0.269. The van der Waals surface area contributed by atoms with Gasteiger partial charge in [-0.15, -0.1) is 4.91 Å². The van der Waals surface area contributed by atoms with Gasteiger partial charge in [-0.3, -0.25) is 9.59 Å². The van der Waals surface area contributed by atoms with Crippen molar-refractivity contribution >= 4 is 28.8 Å². The zero-order valence-electron chi connectivity index (χ0n) is 15.4. The minimum absolute atomic E-state index is 0.0394. The van der Waals surface area contributed by atoms with E-state index in [0.29, 0.717) is 12.1 Å². The largest absolute Gasteiger partial charge is 0.374 e. The van der Waals surface area contributed by atoms with E-state index < -0.39 is 50.9 Å². The normalized spacial score (nSPS) is 18.6. The van der Waals surface area contributed by atoms with Crippen molar-refractivity contribution in [2.45, 2.75) is 36.1 Å². The summed E-state index contributed by atoms with van der Waals surface area (Å²) in [7, 11) is -9.91. The summed E-state index contributed by atoms with van der Waals surface area (Å²) in [5, 5.41) is 13.5. The molecule has 1 aromatic carbocycles. The van der Waals surface area contributed by atoms with Gasteiger partial charge >= 0.3 is 10.2 Å². The van der Waals surface area contributed by atoms with Crippen molar-refractivity contribution in [3.63, 3.8) is 0 Å². The second kappa shape index (κ2) is 7.20. The lowest BCUT2D eigenvalue weighted by Gasteiger charge is -2.47. The third kappa shape index (κ3) is 5.06. The fraction of sp³-hybridized carbons (Fsp3) is 0.400. The molecule has 15 heteroatoms. The number of halogens is 5. The molecule has 164 valence electrons. The Morgan fingerprint density at radius 3 is 2.27 bits per heavy atom. The van der Waals surface area contributed by atoms with Crippen molar-refractivity contribution in [1.29, 1.82) is 5.26 Å². The van der Waals surface area contributed by atoms with E-state index in [2.05, 4.69) is 10.6 Å². The Labute approximate surface area is 167 Å². The van der Waals surface area contributed by atoms with Gasteiger partial charge in [0.15, 0.2) is 0 Å². The van der Waals surface area contributed by atoms with Crippen molar-refractivity contribution in [3.05, 3.63) is 34.7 Å². The monoisotopic (exact) mass is 454 g/mol. The molecule has 1 unspecified atom stereocenters. The minimum atomic E-state index is -9.91. The molecule has 30 heavy (non-hydrogen) atoms. The van der Waals surface area contributed by atoms with Gasteiger partial charge in [0.1, 0.15) is 10.9 Å². The smallest absolute Gasteiger partial charge is 0.310 e. The molecule has 2 N–H and O–H groups in total. The van der Waals surface area contributed by atoms with Crippen LogP contribution in [0.3, 0.4) is 0 Å². The molecule has 0 aromatic heterocycles. The molecule has 1 heterocycles. The molecule has 1 aromatic rings. The summed E-state index contributed by atoms with van der Waals surface area (Å²) < 4.78 is 69.6. The summed E-state index contributed by atoms with van der Waals surface area (Å²) in [4.78, 5) is 33.0. The first kappa shape index (κ1) is 23.6. The van der Waals surface area contributed by atoms with Gasteiger partial charge in [-0.05, 0) is 43.8 Å². The van der Waals surface area contributed by atoms with Crippen LogP contribution in [0.4, 0.5) is 19.4 Å². The first-order valence-electron chi connectivity index (χ1n) is 8.46. The molecule has 0 spiro atoms. The highest BCUT2D eigenvalue weighted by atomic mass is 32.5. The van der Waals surface area contributed by atoms with Gasteiger partial charge in [0, 0.05) is 18.1 Å². The first-order chi connectivity index (χ1) is 13.7. The molecule has 0 aliphatic carbocycles. The maximum atomic E-state index is 12.8. The van der Waals surface area contributed by atoms with Gasteiger partial charge in [0.05, 0.1) is 10.9 Å². The van der Waals surface area contributed by atoms with Crippen LogP contribution in [0.1, 0.15) is 17.3 Å². The molecule has 1 saturated heterocycles. The molecule has 0 bridgehead atoms. The van der Waals surface area contributed by atoms with Gasteiger partial charge in [-0.1, -0.05) is 19.4 Å². The van der Waals surface area contributed by atoms with Crippen molar-refractivity contribution in [2.75, 3.05) is 6.61 Å². The fourth-order valence-electron chi connectivity index (χ4n) is 3.21. The Bertz CT molecular complexity index is 901. The second-order valence-electron chi connectivity index (χ2n) is 6.70. The summed E-state index contributed by atoms with van der Waals surface area (Å²) in [6.07, 6.45) is 0.0788. The number of nitroso groups, excluding NO2 is 1. The molecule has 0 radical (unpaired) electrons. The summed E-state index contributed by atoms with van der Waals surface area (Å²) in [5.74, 6) is -0.169. The lowest BCUT2D eigenvalue weighted by Crippen LogP contribution is -2.67. The highest BCUT2D eigenvalue weighted by molar-refractivity contribution is 8.45. The molecule has 2 amide bonds. The Morgan fingerprint density at radius 2 is 1.83 bits per heavy atom. The molecule has 8 nitrogen and oxygen atoms in total. The lowest BCUT2D eigenvalue weighted by molar-refractivity contribution is -0.133. The zero-order chi connectivity index (χ0) is 22.9. The van der Waals surface area contributed by atoms with Gasteiger partial charge in [0.25, 0.3) is 18.5 Å². The molecule has 2 rings (SSSR count). The van der Waals surface area contributed by atoms with E-state index in [9.17, 15) is 33.9 Å². The van der Waals surface area contributed by atoms with E-state index in [1.165, 1.54) is 0 Å². The number of nitrogens with zero attached hydrogens (tertiary/aromatic N) is 2. The van der Waals surface area contributed by atoms with Crippen LogP contribution >= 0.6 is 10.2 Å². The van der Waals surface area contributed by atoms with Crippen LogP contribution < -0.4 is 10.7 Å². The SMILES string of the molecule is CCOC1(C(NC(=O)c2ccc(S(F)(F)(F)(F)F)cc2)C(=O)NN=O)CB(C#N)C1. The van der Waals surface area contributed by atoms with Crippen LogP contribution in [-0.2, 0) is 9.53 Å². The number of rotatable bonds is 8. The highest BCUT2D eigenvalue weighted by Gasteiger charge is 2.65. The van der Waals surface area contributed by atoms with Crippen molar-refractivity contribution in [1.82, 2.24) is 10.7 Å². The Hall–Kier alpha value is -2.73. The average molecular weight is 454 g/mol. The average Bonchev–Trinajstić information content (AvgIpc) is 2.61. The predicted octanol–water partition coefficient (Wildman–Crippen LogP) is 3.59. The molecular weight excluding hydrogens is 438 g/mol. The van der Waals surface area contributed by atoms with Crippen LogP contribution in [0.2, 0.25) is 12.6 Å². The number of hydrogen-bond acceptors (Lipinski definition) is 6. The molecule has 0 saturated carbocycles. The third-order valence-corrected chi connectivity index (χ3v) is 5.74. The number of carbonyl (C=O) groups is 2. The number of carbonyl (C=O) groups excluding carboxylic acids is 2. The third-order valence-electron chi connectivity index (χ3n) is 4.58. The lowest BCUT2D eigenvalue weighted by atomic mass is 9.29. The molecule has 1 aliphatic rings. The fourth-order valence-corrected chi connectivity index (χ4v) is 3.86.